The molecular weight excluding hydrogens is 320 g/mol. The monoisotopic (exact) mass is 343 g/mol. The highest BCUT2D eigenvalue weighted by Crippen LogP contribution is 2.17. The summed E-state index contributed by atoms with van der Waals surface area (Å²) in [7, 11) is 0. The van der Waals surface area contributed by atoms with Crippen LogP contribution in [0.2, 0.25) is 0 Å². The molecule has 0 heterocycles. The Labute approximate surface area is 115 Å². The van der Waals surface area contributed by atoms with Gasteiger partial charge in [-0.25, -0.2) is 0 Å². The smallest absolute Gasteiger partial charge is 0.141 e. The van der Waals surface area contributed by atoms with Crippen LogP contribution in [0.4, 0.5) is 0 Å². The summed E-state index contributed by atoms with van der Waals surface area (Å²) in [5.41, 5.74) is 0. The van der Waals surface area contributed by atoms with Gasteiger partial charge < -0.3 is 16.9 Å². The molecule has 0 aromatic rings. The van der Waals surface area contributed by atoms with E-state index >= 15 is 0 Å². The number of hydrogen-bond donors (Lipinski definition) is 0. The second-order valence-corrected chi connectivity index (χ2v) is 5.66. The maximum atomic E-state index is 5.47. The molecule has 0 fully saturated rings. The lowest BCUT2D eigenvalue weighted by Gasteiger charge is -2.38. The van der Waals surface area contributed by atoms with Crippen LogP contribution in [0, 0.1) is 24.2 Å². The molecule has 0 saturated carbocycles. The Morgan fingerprint density at radius 3 is 1.73 bits per heavy atom. The molecule has 0 bridgehead atoms. The van der Waals surface area contributed by atoms with Crippen LogP contribution in [-0.2, 0) is 0 Å². The van der Waals surface area contributed by atoms with E-state index in [-0.39, 0.29) is 12.4 Å². The van der Waals surface area contributed by atoms with Crippen LogP contribution in [0.15, 0.2) is 0 Å². The molecule has 0 N–H and O–H groups in total. The third-order valence-electron chi connectivity index (χ3n) is 2.19. The highest BCUT2D eigenvalue weighted by Gasteiger charge is 2.27. The van der Waals surface area contributed by atoms with Gasteiger partial charge in [-0.1, -0.05) is 27.7 Å². The minimum atomic E-state index is 0. The van der Waals surface area contributed by atoms with Crippen molar-refractivity contribution in [2.75, 3.05) is 24.2 Å². The zero-order chi connectivity index (χ0) is 11.2. The van der Waals surface area contributed by atoms with E-state index in [1.165, 1.54) is 13.1 Å². The van der Waals surface area contributed by atoms with Gasteiger partial charge >= 0.3 is 0 Å². The first kappa shape index (κ1) is 17.9. The predicted octanol–water partition coefficient (Wildman–Crippen LogP) is 0.145. The van der Waals surface area contributed by atoms with Gasteiger partial charge in [0, 0.05) is 11.8 Å². The van der Waals surface area contributed by atoms with Gasteiger partial charge in [-0.2, -0.15) is 0 Å². The van der Waals surface area contributed by atoms with Crippen molar-refractivity contribution >= 4 is 22.6 Å². The second kappa shape index (κ2) is 8.66. The van der Waals surface area contributed by atoms with Crippen LogP contribution in [0.1, 0.15) is 27.7 Å². The Morgan fingerprint density at radius 2 is 1.53 bits per heavy atom. The van der Waals surface area contributed by atoms with Crippen molar-refractivity contribution in [1.29, 1.82) is 0 Å². The first-order chi connectivity index (χ1) is 6.45. The first-order valence-corrected chi connectivity index (χ1v) is 6.83. The third kappa shape index (κ3) is 7.43. The molecule has 3 heteroatoms. The molecule has 0 amide bonds. The Bertz CT molecular complexity index is 186. The number of halogens is 2. The Balaban J connectivity index is 0. The van der Waals surface area contributed by atoms with Gasteiger partial charge in [0.05, 0.1) is 13.1 Å². The van der Waals surface area contributed by atoms with Crippen molar-refractivity contribution in [1.82, 2.24) is 0 Å². The topological polar surface area (TPSA) is 0 Å². The number of nitrogens with zero attached hydrogens (tertiary/aromatic N) is 1. The van der Waals surface area contributed by atoms with Crippen LogP contribution in [-0.4, -0.2) is 28.7 Å². The molecule has 0 radical (unpaired) electrons. The molecule has 1 nitrogen and oxygen atoms in total. The second-order valence-electron chi connectivity index (χ2n) is 4.98. The zero-order valence-electron chi connectivity index (χ0n) is 10.3. The molecule has 0 saturated heterocycles. The van der Waals surface area contributed by atoms with E-state index in [2.05, 4.69) is 56.2 Å². The first-order valence-electron chi connectivity index (χ1n) is 5.30. The highest BCUT2D eigenvalue weighted by atomic mass is 127. The van der Waals surface area contributed by atoms with E-state index in [1.54, 1.807) is 0 Å². The molecule has 0 aromatic carbocycles. The standard InChI is InChI=1S/C12H23IN.ClH/c1-6-7-14(10-13,8-11(2)3)9-12(4)5;/h1,11-12H,7-10H2,2-5H3;1H/q+1;/p-1. The molecule has 0 aromatic heterocycles. The van der Waals surface area contributed by atoms with Crippen molar-refractivity contribution in [2.45, 2.75) is 27.7 Å². The number of alkyl halides is 1. The van der Waals surface area contributed by atoms with Gasteiger partial charge in [-0.3, -0.25) is 0 Å². The van der Waals surface area contributed by atoms with E-state index in [0.29, 0.717) is 0 Å². The van der Waals surface area contributed by atoms with Crippen molar-refractivity contribution in [3.8, 4) is 12.3 Å². The van der Waals surface area contributed by atoms with E-state index in [1.807, 2.05) is 0 Å². The summed E-state index contributed by atoms with van der Waals surface area (Å²) in [5, 5.41) is 0. The Morgan fingerprint density at radius 1 is 1.13 bits per heavy atom. The summed E-state index contributed by atoms with van der Waals surface area (Å²) in [4.78, 5) is 0. The maximum Gasteiger partial charge on any atom is 0.141 e. The molecule has 90 valence electrons. The van der Waals surface area contributed by atoms with Crippen molar-refractivity contribution in [3.05, 3.63) is 0 Å². The Hall–Kier alpha value is 0.540. The fourth-order valence-electron chi connectivity index (χ4n) is 2.09. The summed E-state index contributed by atoms with van der Waals surface area (Å²) >= 11 is 2.47. The molecule has 0 spiro atoms. The molecule has 0 aliphatic carbocycles. The summed E-state index contributed by atoms with van der Waals surface area (Å²) in [6.07, 6.45) is 5.47. The minimum Gasteiger partial charge on any atom is -1.00 e. The zero-order valence-corrected chi connectivity index (χ0v) is 13.2. The summed E-state index contributed by atoms with van der Waals surface area (Å²) in [6, 6.07) is 0. The van der Waals surface area contributed by atoms with Gasteiger partial charge in [-0.05, 0) is 28.5 Å². The molecule has 0 rings (SSSR count). The van der Waals surface area contributed by atoms with Crippen molar-refractivity contribution in [3.63, 3.8) is 0 Å². The summed E-state index contributed by atoms with van der Waals surface area (Å²) < 4.78 is 2.20. The largest absolute Gasteiger partial charge is 1.00 e. The van der Waals surface area contributed by atoms with Crippen molar-refractivity contribution < 1.29 is 16.9 Å². The van der Waals surface area contributed by atoms with E-state index in [0.717, 1.165) is 27.4 Å². The molecule has 0 atom stereocenters. The van der Waals surface area contributed by atoms with Crippen LogP contribution in [0.5, 0.6) is 0 Å². The number of terminal acetylenes is 1. The van der Waals surface area contributed by atoms with Crippen LogP contribution in [0.25, 0.3) is 0 Å². The van der Waals surface area contributed by atoms with Gasteiger partial charge in [-0.15, -0.1) is 6.42 Å². The van der Waals surface area contributed by atoms with Gasteiger partial charge in [0.25, 0.3) is 0 Å². The Kier molecular flexibility index (Phi) is 10.4. The average molecular weight is 344 g/mol. The molecule has 15 heavy (non-hydrogen) atoms. The van der Waals surface area contributed by atoms with Gasteiger partial charge in [0.15, 0.2) is 0 Å². The van der Waals surface area contributed by atoms with Gasteiger partial charge in [0.2, 0.25) is 0 Å². The molecular formula is C12H23ClIN. The average Bonchev–Trinajstić information content (AvgIpc) is 2.02. The molecule has 0 aliphatic heterocycles. The van der Waals surface area contributed by atoms with Gasteiger partial charge in [0.1, 0.15) is 11.1 Å². The van der Waals surface area contributed by atoms with E-state index in [4.69, 9.17) is 6.42 Å². The van der Waals surface area contributed by atoms with E-state index < -0.39 is 0 Å². The maximum absolute atomic E-state index is 5.47. The lowest BCUT2D eigenvalue weighted by molar-refractivity contribution is -0.912. The SMILES string of the molecule is C#CC[N+](CI)(CC(C)C)CC(C)C.[Cl-]. The fraction of sp³-hybridized carbons (Fsp3) is 0.833. The van der Waals surface area contributed by atoms with Crippen LogP contribution >= 0.6 is 22.6 Å². The normalized spacial score (nSPS) is 11.3. The highest BCUT2D eigenvalue weighted by molar-refractivity contribution is 14.1. The fourth-order valence-corrected chi connectivity index (χ4v) is 2.88. The lowest BCUT2D eigenvalue weighted by atomic mass is 10.1. The van der Waals surface area contributed by atoms with Crippen molar-refractivity contribution in [2.24, 2.45) is 11.8 Å². The minimum absolute atomic E-state index is 0. The third-order valence-corrected chi connectivity index (χ3v) is 3.63. The summed E-state index contributed by atoms with van der Waals surface area (Å²) in [6.45, 7) is 12.4. The number of quaternary nitrogens is 1. The quantitative estimate of drug-likeness (QED) is 0.212. The predicted molar refractivity (Wildman–Crippen MR) is 72.3 cm³/mol. The molecule has 0 aliphatic rings. The van der Waals surface area contributed by atoms with Crippen LogP contribution < -0.4 is 12.4 Å². The van der Waals surface area contributed by atoms with Crippen LogP contribution in [0.3, 0.4) is 0 Å². The summed E-state index contributed by atoms with van der Waals surface area (Å²) in [5.74, 6) is 4.28. The number of hydrogen-bond acceptors (Lipinski definition) is 0. The number of rotatable bonds is 6. The lowest BCUT2D eigenvalue weighted by Crippen LogP contribution is -3.00. The van der Waals surface area contributed by atoms with E-state index in [9.17, 15) is 0 Å². The molecule has 0 unspecified atom stereocenters.